The number of anilines is 2. The molecule has 0 saturated carbocycles. The van der Waals surface area contributed by atoms with Crippen molar-refractivity contribution in [3.05, 3.63) is 18.6 Å². The van der Waals surface area contributed by atoms with Crippen LogP contribution in [0.2, 0.25) is 0 Å². The zero-order valence-corrected chi connectivity index (χ0v) is 12.9. The standard InChI is InChI=1S/C13H18N6O2S/c1-6(2)16-11-10-12(18-13(14)17-11)19(5-15-10)9-3-7(21)8(4-20)22-9/h5,7-9,20-21H,1,3-4H2,2H3,(H3,14,16,17,18)/t7-,8+,9+/m0/s1. The van der Waals surface area contributed by atoms with E-state index in [0.29, 0.717) is 23.4 Å². The lowest BCUT2D eigenvalue weighted by Crippen LogP contribution is -2.20. The molecule has 9 heteroatoms. The first-order chi connectivity index (χ1) is 10.5. The quantitative estimate of drug-likeness (QED) is 0.649. The number of nitrogen functional groups attached to an aromatic ring is 1. The second-order valence-electron chi connectivity index (χ2n) is 5.27. The third kappa shape index (κ3) is 2.62. The van der Waals surface area contributed by atoms with Gasteiger partial charge in [0.15, 0.2) is 17.0 Å². The van der Waals surface area contributed by atoms with Crippen LogP contribution in [0, 0.1) is 0 Å². The zero-order valence-electron chi connectivity index (χ0n) is 12.1. The fraction of sp³-hybridized carbons (Fsp3) is 0.462. The molecule has 3 rings (SSSR count). The minimum Gasteiger partial charge on any atom is -0.395 e. The molecule has 0 unspecified atom stereocenters. The molecule has 0 radical (unpaired) electrons. The summed E-state index contributed by atoms with van der Waals surface area (Å²) in [5, 5.41) is 22.0. The summed E-state index contributed by atoms with van der Waals surface area (Å²) < 4.78 is 1.86. The Bertz CT molecular complexity index is 718. The van der Waals surface area contributed by atoms with E-state index in [4.69, 9.17) is 5.73 Å². The number of nitrogens with one attached hydrogen (secondary N) is 1. The SMILES string of the molecule is C=C(C)Nc1nc(N)nc2c1ncn2[C@H]1C[C@H](O)[C@@H](CO)S1. The molecule has 22 heavy (non-hydrogen) atoms. The van der Waals surface area contributed by atoms with Crippen LogP contribution in [-0.4, -0.2) is 47.7 Å². The van der Waals surface area contributed by atoms with Crippen LogP contribution in [0.3, 0.4) is 0 Å². The number of fused-ring (bicyclic) bond motifs is 1. The Hall–Kier alpha value is -1.84. The van der Waals surface area contributed by atoms with Crippen molar-refractivity contribution >= 4 is 34.7 Å². The van der Waals surface area contributed by atoms with E-state index in [1.807, 2.05) is 11.5 Å². The van der Waals surface area contributed by atoms with Crippen LogP contribution in [0.4, 0.5) is 11.8 Å². The Morgan fingerprint density at radius 2 is 2.36 bits per heavy atom. The van der Waals surface area contributed by atoms with Gasteiger partial charge >= 0.3 is 0 Å². The Kier molecular flexibility index (Phi) is 3.94. The molecule has 118 valence electrons. The number of nitrogens with two attached hydrogens (primary N) is 1. The largest absolute Gasteiger partial charge is 0.395 e. The van der Waals surface area contributed by atoms with E-state index in [0.717, 1.165) is 5.70 Å². The molecule has 1 aliphatic heterocycles. The van der Waals surface area contributed by atoms with Crippen molar-refractivity contribution in [1.29, 1.82) is 0 Å². The molecular weight excluding hydrogens is 304 g/mol. The number of aliphatic hydroxyl groups excluding tert-OH is 2. The lowest BCUT2D eigenvalue weighted by Gasteiger charge is -2.12. The van der Waals surface area contributed by atoms with E-state index >= 15 is 0 Å². The summed E-state index contributed by atoms with van der Waals surface area (Å²) >= 11 is 1.50. The molecule has 1 fully saturated rings. The zero-order chi connectivity index (χ0) is 15.9. The van der Waals surface area contributed by atoms with Crippen LogP contribution in [0.1, 0.15) is 18.7 Å². The van der Waals surface area contributed by atoms with Gasteiger partial charge < -0.3 is 25.8 Å². The number of thioether (sulfide) groups is 1. The van der Waals surface area contributed by atoms with Gasteiger partial charge in [-0.1, -0.05) is 6.58 Å². The maximum atomic E-state index is 9.96. The molecule has 5 N–H and O–H groups in total. The van der Waals surface area contributed by atoms with Crippen molar-refractivity contribution in [3.8, 4) is 0 Å². The first kappa shape index (κ1) is 15.1. The second kappa shape index (κ2) is 5.75. The third-order valence-corrected chi connectivity index (χ3v) is 5.01. The van der Waals surface area contributed by atoms with E-state index in [2.05, 4.69) is 26.8 Å². The molecule has 8 nitrogen and oxygen atoms in total. The van der Waals surface area contributed by atoms with Crippen molar-refractivity contribution in [3.63, 3.8) is 0 Å². The van der Waals surface area contributed by atoms with Gasteiger partial charge in [0.05, 0.1) is 29.7 Å². The number of aliphatic hydroxyl groups is 2. The summed E-state index contributed by atoms with van der Waals surface area (Å²) in [4.78, 5) is 12.8. The molecule has 0 spiro atoms. The molecular formula is C13H18N6O2S. The van der Waals surface area contributed by atoms with Crippen molar-refractivity contribution in [2.45, 2.75) is 30.1 Å². The van der Waals surface area contributed by atoms with Crippen LogP contribution in [0.5, 0.6) is 0 Å². The average molecular weight is 322 g/mol. The topological polar surface area (TPSA) is 122 Å². The summed E-state index contributed by atoms with van der Waals surface area (Å²) in [5.41, 5.74) is 7.69. The highest BCUT2D eigenvalue weighted by atomic mass is 32.2. The predicted octanol–water partition coefficient (Wildman–Crippen LogP) is 0.711. The summed E-state index contributed by atoms with van der Waals surface area (Å²) in [6, 6.07) is 0. The fourth-order valence-corrected chi connectivity index (χ4v) is 3.86. The smallest absolute Gasteiger partial charge is 0.224 e. The molecule has 1 saturated heterocycles. The Morgan fingerprint density at radius 1 is 1.59 bits per heavy atom. The van der Waals surface area contributed by atoms with Gasteiger partial charge in [-0.25, -0.2) is 4.98 Å². The minimum absolute atomic E-state index is 0.0517. The van der Waals surface area contributed by atoms with Crippen LogP contribution in [0.15, 0.2) is 18.6 Å². The van der Waals surface area contributed by atoms with Crippen molar-refractivity contribution in [2.75, 3.05) is 17.7 Å². The number of hydrogen-bond acceptors (Lipinski definition) is 8. The van der Waals surface area contributed by atoms with Crippen molar-refractivity contribution in [2.24, 2.45) is 0 Å². The Morgan fingerprint density at radius 3 is 3.00 bits per heavy atom. The fourth-order valence-electron chi connectivity index (χ4n) is 2.48. The lowest BCUT2D eigenvalue weighted by atomic mass is 10.2. The monoisotopic (exact) mass is 322 g/mol. The average Bonchev–Trinajstić information content (AvgIpc) is 3.01. The van der Waals surface area contributed by atoms with E-state index < -0.39 is 6.10 Å². The van der Waals surface area contributed by atoms with Crippen molar-refractivity contribution in [1.82, 2.24) is 19.5 Å². The van der Waals surface area contributed by atoms with Gasteiger partial charge in [0, 0.05) is 12.1 Å². The molecule has 0 bridgehead atoms. The summed E-state index contributed by atoms with van der Waals surface area (Å²) in [6.07, 6.45) is 1.63. The lowest BCUT2D eigenvalue weighted by molar-refractivity contribution is 0.138. The molecule has 1 aliphatic rings. The summed E-state index contributed by atoms with van der Waals surface area (Å²) in [7, 11) is 0. The summed E-state index contributed by atoms with van der Waals surface area (Å²) in [6.45, 7) is 5.54. The van der Waals surface area contributed by atoms with E-state index in [-0.39, 0.29) is 23.2 Å². The first-order valence-electron chi connectivity index (χ1n) is 6.86. The van der Waals surface area contributed by atoms with E-state index in [9.17, 15) is 10.2 Å². The molecule has 2 aromatic heterocycles. The molecule has 0 amide bonds. The van der Waals surface area contributed by atoms with Gasteiger partial charge in [0.1, 0.15) is 0 Å². The summed E-state index contributed by atoms with van der Waals surface area (Å²) in [5.74, 6) is 0.649. The normalized spacial score (nSPS) is 24.8. The van der Waals surface area contributed by atoms with Crippen LogP contribution in [-0.2, 0) is 0 Å². The second-order valence-corrected chi connectivity index (χ2v) is 6.70. The number of aromatic nitrogens is 4. The number of allylic oxidation sites excluding steroid dienone is 1. The highest BCUT2D eigenvalue weighted by Crippen LogP contribution is 2.42. The number of nitrogens with zero attached hydrogens (tertiary/aromatic N) is 4. The van der Waals surface area contributed by atoms with Gasteiger partial charge in [0.2, 0.25) is 5.95 Å². The maximum Gasteiger partial charge on any atom is 0.224 e. The molecule has 0 aliphatic carbocycles. The Balaban J connectivity index is 2.02. The van der Waals surface area contributed by atoms with E-state index in [1.54, 1.807) is 6.33 Å². The minimum atomic E-state index is -0.551. The number of rotatable bonds is 4. The number of hydrogen-bond donors (Lipinski definition) is 4. The Labute approximate surface area is 131 Å². The van der Waals surface area contributed by atoms with Crippen LogP contribution >= 0.6 is 11.8 Å². The van der Waals surface area contributed by atoms with Gasteiger partial charge in [-0.3, -0.25) is 0 Å². The van der Waals surface area contributed by atoms with E-state index in [1.165, 1.54) is 11.8 Å². The van der Waals surface area contributed by atoms with Gasteiger partial charge in [-0.15, -0.1) is 11.8 Å². The molecule has 3 heterocycles. The molecule has 3 atom stereocenters. The predicted molar refractivity (Wildman–Crippen MR) is 86.3 cm³/mol. The van der Waals surface area contributed by atoms with Crippen molar-refractivity contribution < 1.29 is 10.2 Å². The third-order valence-electron chi connectivity index (χ3n) is 3.46. The molecule has 2 aromatic rings. The van der Waals surface area contributed by atoms with Crippen LogP contribution in [0.25, 0.3) is 11.2 Å². The maximum absolute atomic E-state index is 9.96. The van der Waals surface area contributed by atoms with Gasteiger partial charge in [-0.2, -0.15) is 9.97 Å². The highest BCUT2D eigenvalue weighted by Gasteiger charge is 2.35. The van der Waals surface area contributed by atoms with Gasteiger partial charge in [0.25, 0.3) is 0 Å². The number of imidazole rings is 1. The first-order valence-corrected chi connectivity index (χ1v) is 7.81. The molecule has 0 aromatic carbocycles. The van der Waals surface area contributed by atoms with Crippen LogP contribution < -0.4 is 11.1 Å². The highest BCUT2D eigenvalue weighted by molar-refractivity contribution is 8.00. The van der Waals surface area contributed by atoms with Gasteiger partial charge in [-0.05, 0) is 6.92 Å².